The van der Waals surface area contributed by atoms with Crippen LogP contribution in [-0.4, -0.2) is 19.5 Å². The Morgan fingerprint density at radius 1 is 1.30 bits per heavy atom. The van der Waals surface area contributed by atoms with Crippen molar-refractivity contribution in [1.82, 2.24) is 0 Å². The van der Waals surface area contributed by atoms with Gasteiger partial charge in [-0.3, -0.25) is 0 Å². The van der Waals surface area contributed by atoms with E-state index in [4.69, 9.17) is 9.47 Å². The lowest BCUT2D eigenvalue weighted by Crippen LogP contribution is -2.27. The number of fused-ring (bicyclic) bond motifs is 1. The molecule has 0 saturated carbocycles. The Labute approximate surface area is 61.5 Å². The van der Waals surface area contributed by atoms with Crippen molar-refractivity contribution in [3.05, 3.63) is 0 Å². The predicted molar refractivity (Wildman–Crippen MR) is 37.6 cm³/mol. The minimum atomic E-state index is 0.142. The van der Waals surface area contributed by atoms with Crippen molar-refractivity contribution in [3.8, 4) is 0 Å². The molecule has 0 aromatic rings. The highest BCUT2D eigenvalue weighted by atomic mass is 16.7. The second-order valence-electron chi connectivity index (χ2n) is 3.36. The molecule has 2 aliphatic rings. The number of hydrogen-bond acceptors (Lipinski definition) is 2. The topological polar surface area (TPSA) is 18.5 Å². The van der Waals surface area contributed by atoms with Gasteiger partial charge in [0.25, 0.3) is 0 Å². The van der Waals surface area contributed by atoms with Crippen molar-refractivity contribution >= 4 is 0 Å². The van der Waals surface area contributed by atoms with E-state index in [0.29, 0.717) is 11.8 Å². The standard InChI is InChI=1S/C8H14O2/c1-6-5-10-8-7(6)3-2-4-9-8/h6-8H,2-5H2,1H3/t6-,7+,8+/m1/s1. The van der Waals surface area contributed by atoms with E-state index < -0.39 is 0 Å². The molecule has 2 aliphatic heterocycles. The number of rotatable bonds is 0. The second-order valence-corrected chi connectivity index (χ2v) is 3.36. The molecular weight excluding hydrogens is 128 g/mol. The van der Waals surface area contributed by atoms with E-state index in [2.05, 4.69) is 6.92 Å². The number of hydrogen-bond donors (Lipinski definition) is 0. The van der Waals surface area contributed by atoms with Crippen molar-refractivity contribution in [3.63, 3.8) is 0 Å². The predicted octanol–water partition coefficient (Wildman–Crippen LogP) is 1.41. The smallest absolute Gasteiger partial charge is 0.160 e. The zero-order chi connectivity index (χ0) is 6.97. The summed E-state index contributed by atoms with van der Waals surface area (Å²) in [7, 11) is 0. The Bertz CT molecular complexity index is 122. The summed E-state index contributed by atoms with van der Waals surface area (Å²) >= 11 is 0. The molecule has 58 valence electrons. The van der Waals surface area contributed by atoms with Crippen molar-refractivity contribution in [2.45, 2.75) is 26.1 Å². The summed E-state index contributed by atoms with van der Waals surface area (Å²) in [5.74, 6) is 1.40. The Balaban J connectivity index is 2.01. The van der Waals surface area contributed by atoms with Crippen LogP contribution in [0.15, 0.2) is 0 Å². The van der Waals surface area contributed by atoms with Crippen LogP contribution in [0.3, 0.4) is 0 Å². The SMILES string of the molecule is C[C@@H]1CO[C@@H]2OCCC[C@H]21. The summed E-state index contributed by atoms with van der Waals surface area (Å²) in [5, 5.41) is 0. The van der Waals surface area contributed by atoms with Gasteiger partial charge in [0.2, 0.25) is 0 Å². The maximum atomic E-state index is 5.45. The summed E-state index contributed by atoms with van der Waals surface area (Å²) in [6.07, 6.45) is 2.66. The van der Waals surface area contributed by atoms with E-state index in [1.807, 2.05) is 0 Å². The highest BCUT2D eigenvalue weighted by molar-refractivity contribution is 4.78. The molecule has 2 heterocycles. The van der Waals surface area contributed by atoms with Crippen molar-refractivity contribution < 1.29 is 9.47 Å². The minimum Gasteiger partial charge on any atom is -0.352 e. The van der Waals surface area contributed by atoms with Gasteiger partial charge < -0.3 is 9.47 Å². The van der Waals surface area contributed by atoms with E-state index in [1.54, 1.807) is 0 Å². The third-order valence-electron chi connectivity index (χ3n) is 2.57. The van der Waals surface area contributed by atoms with Crippen LogP contribution in [0.25, 0.3) is 0 Å². The lowest BCUT2D eigenvalue weighted by atomic mass is 9.91. The molecule has 10 heavy (non-hydrogen) atoms. The van der Waals surface area contributed by atoms with E-state index >= 15 is 0 Å². The van der Waals surface area contributed by atoms with Crippen molar-refractivity contribution in [2.24, 2.45) is 11.8 Å². The maximum absolute atomic E-state index is 5.45. The van der Waals surface area contributed by atoms with Gasteiger partial charge in [0.15, 0.2) is 6.29 Å². The fourth-order valence-electron chi connectivity index (χ4n) is 1.87. The van der Waals surface area contributed by atoms with E-state index in [9.17, 15) is 0 Å². The first kappa shape index (κ1) is 6.62. The molecule has 2 nitrogen and oxygen atoms in total. The molecule has 0 spiro atoms. The van der Waals surface area contributed by atoms with E-state index in [1.165, 1.54) is 12.8 Å². The summed E-state index contributed by atoms with van der Waals surface area (Å²) < 4.78 is 10.9. The lowest BCUT2D eigenvalue weighted by Gasteiger charge is -2.25. The van der Waals surface area contributed by atoms with Crippen LogP contribution < -0.4 is 0 Å². The second kappa shape index (κ2) is 2.51. The van der Waals surface area contributed by atoms with Crippen LogP contribution >= 0.6 is 0 Å². The summed E-state index contributed by atoms with van der Waals surface area (Å²) in [6, 6.07) is 0. The van der Waals surface area contributed by atoms with Gasteiger partial charge in [-0.2, -0.15) is 0 Å². The van der Waals surface area contributed by atoms with Gasteiger partial charge in [-0.1, -0.05) is 6.92 Å². The zero-order valence-electron chi connectivity index (χ0n) is 6.38. The largest absolute Gasteiger partial charge is 0.352 e. The van der Waals surface area contributed by atoms with Crippen LogP contribution in [0.1, 0.15) is 19.8 Å². The zero-order valence-corrected chi connectivity index (χ0v) is 6.38. The normalized spacial score (nSPS) is 47.1. The van der Waals surface area contributed by atoms with Crippen LogP contribution in [0.5, 0.6) is 0 Å². The molecule has 0 aromatic heterocycles. The molecule has 0 unspecified atom stereocenters. The van der Waals surface area contributed by atoms with Gasteiger partial charge in [-0.15, -0.1) is 0 Å². The van der Waals surface area contributed by atoms with Gasteiger partial charge in [0.1, 0.15) is 0 Å². The van der Waals surface area contributed by atoms with Crippen molar-refractivity contribution in [2.75, 3.05) is 13.2 Å². The van der Waals surface area contributed by atoms with Gasteiger partial charge in [0.05, 0.1) is 6.61 Å². The Kier molecular flexibility index (Phi) is 1.66. The molecule has 0 aromatic carbocycles. The Morgan fingerprint density at radius 2 is 2.20 bits per heavy atom. The molecule has 2 fully saturated rings. The molecular formula is C8H14O2. The third kappa shape index (κ3) is 0.956. The summed E-state index contributed by atoms with van der Waals surface area (Å²) in [4.78, 5) is 0. The highest BCUT2D eigenvalue weighted by Gasteiger charge is 2.36. The maximum Gasteiger partial charge on any atom is 0.160 e. The highest BCUT2D eigenvalue weighted by Crippen LogP contribution is 2.34. The minimum absolute atomic E-state index is 0.142. The first-order chi connectivity index (χ1) is 4.88. The summed E-state index contributed by atoms with van der Waals surface area (Å²) in [5.41, 5.74) is 0. The summed E-state index contributed by atoms with van der Waals surface area (Å²) in [6.45, 7) is 4.04. The quantitative estimate of drug-likeness (QED) is 0.509. The molecule has 2 heteroatoms. The van der Waals surface area contributed by atoms with Crippen LogP contribution in [0, 0.1) is 11.8 Å². The molecule has 3 atom stereocenters. The Hall–Kier alpha value is -0.0800. The van der Waals surface area contributed by atoms with E-state index in [-0.39, 0.29) is 6.29 Å². The molecule has 0 amide bonds. The molecule has 0 bridgehead atoms. The fraction of sp³-hybridized carbons (Fsp3) is 1.00. The molecule has 0 radical (unpaired) electrons. The monoisotopic (exact) mass is 142 g/mol. The van der Waals surface area contributed by atoms with Crippen LogP contribution in [0.2, 0.25) is 0 Å². The molecule has 0 N–H and O–H groups in total. The van der Waals surface area contributed by atoms with Crippen LogP contribution in [-0.2, 0) is 9.47 Å². The molecule has 0 aliphatic carbocycles. The van der Waals surface area contributed by atoms with Gasteiger partial charge in [0, 0.05) is 12.5 Å². The van der Waals surface area contributed by atoms with Gasteiger partial charge in [-0.05, 0) is 18.8 Å². The van der Waals surface area contributed by atoms with E-state index in [0.717, 1.165) is 13.2 Å². The first-order valence-corrected chi connectivity index (χ1v) is 4.11. The molecule has 2 rings (SSSR count). The van der Waals surface area contributed by atoms with Crippen LogP contribution in [0.4, 0.5) is 0 Å². The van der Waals surface area contributed by atoms with Gasteiger partial charge in [-0.25, -0.2) is 0 Å². The average Bonchev–Trinajstić information content (AvgIpc) is 2.34. The first-order valence-electron chi connectivity index (χ1n) is 4.11. The third-order valence-corrected chi connectivity index (χ3v) is 2.57. The van der Waals surface area contributed by atoms with Crippen molar-refractivity contribution in [1.29, 1.82) is 0 Å². The van der Waals surface area contributed by atoms with Gasteiger partial charge >= 0.3 is 0 Å². The number of ether oxygens (including phenoxy) is 2. The lowest BCUT2D eigenvalue weighted by molar-refractivity contribution is -0.151. The molecule has 2 saturated heterocycles. The fourth-order valence-corrected chi connectivity index (χ4v) is 1.87. The Morgan fingerprint density at radius 3 is 3.00 bits per heavy atom. The average molecular weight is 142 g/mol.